The number of ether oxygens (including phenoxy) is 3. The predicted molar refractivity (Wildman–Crippen MR) is 75.8 cm³/mol. The van der Waals surface area contributed by atoms with E-state index in [2.05, 4.69) is 26.1 Å². The predicted octanol–water partition coefficient (Wildman–Crippen LogP) is 2.45. The smallest absolute Gasteiger partial charge is 0.173 e. The average Bonchev–Trinajstić information content (AvgIpc) is 2.83. The first-order chi connectivity index (χ1) is 9.12. The summed E-state index contributed by atoms with van der Waals surface area (Å²) in [6, 6.07) is 3.48. The fourth-order valence-electron chi connectivity index (χ4n) is 1.86. The Bertz CT molecular complexity index is 598. The molecule has 19 heavy (non-hydrogen) atoms. The van der Waals surface area contributed by atoms with Crippen LogP contribution in [0.25, 0.3) is 11.3 Å². The zero-order valence-electron chi connectivity index (χ0n) is 10.8. The number of nitrogens with zero attached hydrogens (tertiary/aromatic N) is 1. The van der Waals surface area contributed by atoms with Crippen molar-refractivity contribution in [2.24, 2.45) is 0 Å². The number of aromatic amines is 1. The second-order valence-electron chi connectivity index (χ2n) is 3.71. The molecule has 6 nitrogen and oxygen atoms in total. The molecule has 0 radical (unpaired) electrons. The van der Waals surface area contributed by atoms with Gasteiger partial charge >= 0.3 is 0 Å². The molecular weight excluding hydrogens is 314 g/mol. The molecule has 1 aromatic carbocycles. The number of aromatic nitrogens is 2. The van der Waals surface area contributed by atoms with Crippen LogP contribution in [0.15, 0.2) is 16.6 Å². The number of nitrogens with two attached hydrogens (primary N) is 1. The fraction of sp³-hybridized carbons (Fsp3) is 0.250. The Morgan fingerprint density at radius 1 is 1.11 bits per heavy atom. The molecule has 1 aromatic heterocycles. The van der Waals surface area contributed by atoms with Crippen LogP contribution in [-0.4, -0.2) is 31.5 Å². The molecule has 0 aliphatic carbocycles. The molecule has 0 fully saturated rings. The van der Waals surface area contributed by atoms with Crippen molar-refractivity contribution in [3.63, 3.8) is 0 Å². The highest BCUT2D eigenvalue weighted by molar-refractivity contribution is 9.10. The summed E-state index contributed by atoms with van der Waals surface area (Å²) in [6.07, 6.45) is 0. The van der Waals surface area contributed by atoms with Crippen LogP contribution in [0, 0.1) is 0 Å². The Kier molecular flexibility index (Phi) is 3.84. The summed E-state index contributed by atoms with van der Waals surface area (Å²) in [6.45, 7) is 0. The van der Waals surface area contributed by atoms with Gasteiger partial charge in [-0.3, -0.25) is 5.10 Å². The fourth-order valence-corrected chi connectivity index (χ4v) is 2.42. The maximum absolute atomic E-state index is 5.64. The maximum atomic E-state index is 5.64. The number of methoxy groups -OCH3 is 3. The summed E-state index contributed by atoms with van der Waals surface area (Å²) in [5, 5.41) is 6.75. The van der Waals surface area contributed by atoms with Gasteiger partial charge in [-0.2, -0.15) is 5.10 Å². The summed E-state index contributed by atoms with van der Waals surface area (Å²) in [7, 11) is 4.71. The van der Waals surface area contributed by atoms with Gasteiger partial charge in [-0.1, -0.05) is 0 Å². The highest BCUT2D eigenvalue weighted by Crippen LogP contribution is 2.48. The minimum atomic E-state index is 0.387. The minimum Gasteiger partial charge on any atom is -0.495 e. The monoisotopic (exact) mass is 327 g/mol. The van der Waals surface area contributed by atoms with Gasteiger partial charge in [0.15, 0.2) is 11.5 Å². The van der Waals surface area contributed by atoms with Crippen LogP contribution in [0.1, 0.15) is 0 Å². The van der Waals surface area contributed by atoms with Crippen molar-refractivity contribution in [2.45, 2.75) is 0 Å². The Morgan fingerprint density at radius 3 is 2.26 bits per heavy atom. The third kappa shape index (κ3) is 2.33. The molecule has 0 saturated carbocycles. The Labute approximate surface area is 119 Å². The molecule has 102 valence electrons. The van der Waals surface area contributed by atoms with E-state index in [4.69, 9.17) is 19.9 Å². The van der Waals surface area contributed by atoms with E-state index in [9.17, 15) is 0 Å². The molecule has 3 N–H and O–H groups in total. The molecule has 2 aromatic rings. The average molecular weight is 328 g/mol. The van der Waals surface area contributed by atoms with Gasteiger partial charge in [0.05, 0.1) is 37.1 Å². The molecule has 7 heteroatoms. The van der Waals surface area contributed by atoms with Crippen molar-refractivity contribution < 1.29 is 14.2 Å². The first kappa shape index (κ1) is 13.5. The molecule has 0 atom stereocenters. The van der Waals surface area contributed by atoms with Crippen LogP contribution in [0.2, 0.25) is 0 Å². The van der Waals surface area contributed by atoms with E-state index in [1.807, 2.05) is 0 Å². The molecule has 0 bridgehead atoms. The van der Waals surface area contributed by atoms with E-state index in [0.29, 0.717) is 34.3 Å². The van der Waals surface area contributed by atoms with Crippen LogP contribution < -0.4 is 19.9 Å². The van der Waals surface area contributed by atoms with Gasteiger partial charge in [0, 0.05) is 12.1 Å². The standard InChI is InChI=1S/C12H14BrN3O3/c1-17-8-4-6(13)11(18-2)10(12(8)19-3)7-5-9(14)16-15-7/h4-5H,1-3H3,(H3,14,15,16). The first-order valence-electron chi connectivity index (χ1n) is 5.42. The molecule has 0 amide bonds. The topological polar surface area (TPSA) is 82.4 Å². The molecule has 0 spiro atoms. The summed E-state index contributed by atoms with van der Waals surface area (Å²) in [5.41, 5.74) is 7.02. The molecule has 0 unspecified atom stereocenters. The Hall–Kier alpha value is -1.89. The van der Waals surface area contributed by atoms with Crippen molar-refractivity contribution in [3.05, 3.63) is 16.6 Å². The minimum absolute atomic E-state index is 0.387. The normalized spacial score (nSPS) is 10.3. The summed E-state index contributed by atoms with van der Waals surface area (Å²) in [4.78, 5) is 0. The van der Waals surface area contributed by atoms with Crippen molar-refractivity contribution in [2.75, 3.05) is 27.1 Å². The quantitative estimate of drug-likeness (QED) is 0.901. The number of anilines is 1. The van der Waals surface area contributed by atoms with E-state index < -0.39 is 0 Å². The Morgan fingerprint density at radius 2 is 1.79 bits per heavy atom. The van der Waals surface area contributed by atoms with Gasteiger partial charge in [-0.15, -0.1) is 0 Å². The molecule has 0 aliphatic heterocycles. The van der Waals surface area contributed by atoms with Gasteiger partial charge < -0.3 is 19.9 Å². The van der Waals surface area contributed by atoms with Gasteiger partial charge in [0.2, 0.25) is 0 Å². The van der Waals surface area contributed by atoms with Crippen molar-refractivity contribution >= 4 is 21.7 Å². The zero-order valence-corrected chi connectivity index (χ0v) is 12.4. The maximum Gasteiger partial charge on any atom is 0.173 e. The highest BCUT2D eigenvalue weighted by atomic mass is 79.9. The van der Waals surface area contributed by atoms with E-state index in [-0.39, 0.29) is 0 Å². The van der Waals surface area contributed by atoms with E-state index in [0.717, 1.165) is 4.47 Å². The molecule has 0 aliphatic rings. The number of nitrogen functional groups attached to an aromatic ring is 1. The van der Waals surface area contributed by atoms with Crippen molar-refractivity contribution in [1.82, 2.24) is 10.2 Å². The van der Waals surface area contributed by atoms with Crippen molar-refractivity contribution in [1.29, 1.82) is 0 Å². The lowest BCUT2D eigenvalue weighted by atomic mass is 10.1. The SMILES string of the molecule is COc1cc(Br)c(OC)c(-c2cc(N)n[nH]2)c1OC. The number of hydrogen-bond acceptors (Lipinski definition) is 5. The molecule has 1 heterocycles. The molecular formula is C12H14BrN3O3. The van der Waals surface area contributed by atoms with Crippen LogP contribution in [0.5, 0.6) is 17.2 Å². The number of halogens is 1. The number of rotatable bonds is 4. The van der Waals surface area contributed by atoms with Gasteiger partial charge in [-0.05, 0) is 15.9 Å². The zero-order chi connectivity index (χ0) is 14.0. The Balaban J connectivity index is 2.77. The largest absolute Gasteiger partial charge is 0.495 e. The lowest BCUT2D eigenvalue weighted by molar-refractivity contribution is 0.350. The number of nitrogens with one attached hydrogen (secondary N) is 1. The molecule has 0 saturated heterocycles. The van der Waals surface area contributed by atoms with Crippen LogP contribution >= 0.6 is 15.9 Å². The first-order valence-corrected chi connectivity index (χ1v) is 6.21. The number of benzene rings is 1. The van der Waals surface area contributed by atoms with Crippen LogP contribution in [0.4, 0.5) is 5.82 Å². The highest BCUT2D eigenvalue weighted by Gasteiger charge is 2.22. The summed E-state index contributed by atoms with van der Waals surface area (Å²) < 4.78 is 16.9. The third-order valence-corrected chi connectivity index (χ3v) is 3.24. The van der Waals surface area contributed by atoms with Gasteiger partial charge in [-0.25, -0.2) is 0 Å². The lowest BCUT2D eigenvalue weighted by Gasteiger charge is -2.16. The van der Waals surface area contributed by atoms with Crippen LogP contribution in [0.3, 0.4) is 0 Å². The van der Waals surface area contributed by atoms with Crippen LogP contribution in [-0.2, 0) is 0 Å². The third-order valence-electron chi connectivity index (χ3n) is 2.65. The van der Waals surface area contributed by atoms with E-state index >= 15 is 0 Å². The lowest BCUT2D eigenvalue weighted by Crippen LogP contribution is -1.98. The number of hydrogen-bond donors (Lipinski definition) is 2. The number of H-pyrrole nitrogens is 1. The second kappa shape index (κ2) is 5.40. The summed E-state index contributed by atoms with van der Waals surface area (Å²) >= 11 is 3.44. The summed E-state index contributed by atoms with van der Waals surface area (Å²) in [5.74, 6) is 2.13. The second-order valence-corrected chi connectivity index (χ2v) is 4.56. The van der Waals surface area contributed by atoms with Gasteiger partial charge in [0.1, 0.15) is 11.6 Å². The van der Waals surface area contributed by atoms with Crippen molar-refractivity contribution in [3.8, 4) is 28.5 Å². The van der Waals surface area contributed by atoms with E-state index in [1.165, 1.54) is 0 Å². The van der Waals surface area contributed by atoms with Gasteiger partial charge in [0.25, 0.3) is 0 Å². The van der Waals surface area contributed by atoms with E-state index in [1.54, 1.807) is 33.5 Å². The molecule has 2 rings (SSSR count).